The van der Waals surface area contributed by atoms with Crippen molar-refractivity contribution in [2.45, 2.75) is 0 Å². The first-order chi connectivity index (χ1) is 8.70. The molecule has 0 fully saturated rings. The quantitative estimate of drug-likeness (QED) is 0.836. The lowest BCUT2D eigenvalue weighted by atomic mass is 10.2. The highest BCUT2D eigenvalue weighted by molar-refractivity contribution is 6.34. The van der Waals surface area contributed by atoms with Gasteiger partial charge in [0.05, 0.1) is 10.6 Å². The summed E-state index contributed by atoms with van der Waals surface area (Å²) in [5, 5.41) is 3.14. The van der Waals surface area contributed by atoms with E-state index in [4.69, 9.17) is 17.5 Å². The molecule has 2 rings (SSSR count). The van der Waals surface area contributed by atoms with Gasteiger partial charge >= 0.3 is 0 Å². The number of hydrogen-bond acceptors (Lipinski definition) is 3. The molecular weight excluding hydrogens is 252 g/mol. The molecule has 0 unspecified atom stereocenters. The van der Waals surface area contributed by atoms with Crippen molar-refractivity contribution in [2.75, 3.05) is 5.32 Å². The highest BCUT2D eigenvalue weighted by Crippen LogP contribution is 2.18. The number of nitrogens with one attached hydrogen (secondary N) is 1. The number of anilines is 1. The minimum Gasteiger partial charge on any atom is -0.412 e. The standard InChI is InChI=1S/C13H11ClN2O2/c14-12-4-2-1-3-11(12)13(17)16-9-5-7-10(18-15)8-6-9/h1-8H,15H2,(H,16,17). The smallest absolute Gasteiger partial charge is 0.257 e. The highest BCUT2D eigenvalue weighted by Gasteiger charge is 2.09. The van der Waals surface area contributed by atoms with Crippen molar-refractivity contribution in [3.8, 4) is 5.75 Å². The number of rotatable bonds is 3. The molecule has 18 heavy (non-hydrogen) atoms. The van der Waals surface area contributed by atoms with Crippen LogP contribution < -0.4 is 16.1 Å². The summed E-state index contributed by atoms with van der Waals surface area (Å²) in [6.45, 7) is 0. The lowest BCUT2D eigenvalue weighted by Crippen LogP contribution is -2.12. The second-order valence-corrected chi connectivity index (χ2v) is 3.98. The van der Waals surface area contributed by atoms with Crippen molar-refractivity contribution in [1.29, 1.82) is 0 Å². The van der Waals surface area contributed by atoms with Gasteiger partial charge in [-0.3, -0.25) is 4.79 Å². The Morgan fingerprint density at radius 2 is 1.78 bits per heavy atom. The summed E-state index contributed by atoms with van der Waals surface area (Å²) in [4.78, 5) is 16.5. The van der Waals surface area contributed by atoms with Crippen LogP contribution in [0.2, 0.25) is 5.02 Å². The van der Waals surface area contributed by atoms with Gasteiger partial charge in [0.15, 0.2) is 0 Å². The Kier molecular flexibility index (Phi) is 3.82. The predicted molar refractivity (Wildman–Crippen MR) is 70.7 cm³/mol. The molecule has 3 N–H and O–H groups in total. The summed E-state index contributed by atoms with van der Waals surface area (Å²) in [7, 11) is 0. The molecule has 0 aliphatic rings. The van der Waals surface area contributed by atoms with Crippen LogP contribution in [-0.2, 0) is 0 Å². The van der Waals surface area contributed by atoms with Crippen molar-refractivity contribution in [3.63, 3.8) is 0 Å². The Hall–Kier alpha value is -2.04. The van der Waals surface area contributed by atoms with E-state index in [0.29, 0.717) is 22.0 Å². The van der Waals surface area contributed by atoms with E-state index in [-0.39, 0.29) is 5.91 Å². The van der Waals surface area contributed by atoms with Crippen LogP contribution in [0.4, 0.5) is 5.69 Å². The molecule has 0 heterocycles. The third-order valence-electron chi connectivity index (χ3n) is 2.37. The zero-order valence-corrected chi connectivity index (χ0v) is 10.1. The monoisotopic (exact) mass is 262 g/mol. The van der Waals surface area contributed by atoms with E-state index in [1.165, 1.54) is 0 Å². The molecule has 0 radical (unpaired) electrons. The topological polar surface area (TPSA) is 64.3 Å². The number of benzene rings is 2. The number of hydrogen-bond donors (Lipinski definition) is 2. The molecule has 2 aromatic carbocycles. The van der Waals surface area contributed by atoms with E-state index in [9.17, 15) is 4.79 Å². The Bertz CT molecular complexity index is 555. The maximum atomic E-state index is 11.9. The molecule has 0 aliphatic carbocycles. The SMILES string of the molecule is NOc1ccc(NC(=O)c2ccccc2Cl)cc1. The van der Waals surface area contributed by atoms with Gasteiger partial charge in [-0.05, 0) is 36.4 Å². The van der Waals surface area contributed by atoms with Crippen LogP contribution in [0.1, 0.15) is 10.4 Å². The fourth-order valence-electron chi connectivity index (χ4n) is 1.46. The maximum absolute atomic E-state index is 11.9. The fourth-order valence-corrected chi connectivity index (χ4v) is 1.68. The summed E-state index contributed by atoms with van der Waals surface area (Å²) >= 11 is 5.94. The Morgan fingerprint density at radius 3 is 2.39 bits per heavy atom. The van der Waals surface area contributed by atoms with Gasteiger partial charge < -0.3 is 10.2 Å². The number of carbonyl (C=O) groups excluding carboxylic acids is 1. The first kappa shape index (κ1) is 12.4. The summed E-state index contributed by atoms with van der Waals surface area (Å²) < 4.78 is 0. The third kappa shape index (κ3) is 2.80. The Balaban J connectivity index is 2.14. The molecule has 0 bridgehead atoms. The number of amides is 1. The van der Waals surface area contributed by atoms with E-state index >= 15 is 0 Å². The first-order valence-electron chi connectivity index (χ1n) is 5.23. The van der Waals surface area contributed by atoms with Gasteiger partial charge in [0, 0.05) is 5.69 Å². The molecule has 0 saturated carbocycles. The minimum atomic E-state index is -0.262. The third-order valence-corrected chi connectivity index (χ3v) is 2.70. The molecule has 2 aromatic rings. The van der Waals surface area contributed by atoms with Crippen molar-refractivity contribution in [3.05, 3.63) is 59.1 Å². The van der Waals surface area contributed by atoms with E-state index in [0.717, 1.165) is 0 Å². The van der Waals surface area contributed by atoms with Gasteiger partial charge in [-0.15, -0.1) is 0 Å². The van der Waals surface area contributed by atoms with Gasteiger partial charge in [-0.2, -0.15) is 5.90 Å². The minimum absolute atomic E-state index is 0.262. The molecule has 1 amide bonds. The van der Waals surface area contributed by atoms with Crippen molar-refractivity contribution < 1.29 is 9.63 Å². The van der Waals surface area contributed by atoms with E-state index in [1.54, 1.807) is 48.5 Å². The average Bonchev–Trinajstić information content (AvgIpc) is 2.40. The highest BCUT2D eigenvalue weighted by atomic mass is 35.5. The Morgan fingerprint density at radius 1 is 1.11 bits per heavy atom. The molecule has 0 saturated heterocycles. The lowest BCUT2D eigenvalue weighted by molar-refractivity contribution is 0.102. The second kappa shape index (κ2) is 5.53. The first-order valence-corrected chi connectivity index (χ1v) is 5.61. The van der Waals surface area contributed by atoms with Crippen LogP contribution in [0.3, 0.4) is 0 Å². The van der Waals surface area contributed by atoms with Crippen LogP contribution in [-0.4, -0.2) is 5.91 Å². The number of halogens is 1. The van der Waals surface area contributed by atoms with E-state index < -0.39 is 0 Å². The molecule has 5 heteroatoms. The van der Waals surface area contributed by atoms with E-state index in [2.05, 4.69) is 10.2 Å². The van der Waals surface area contributed by atoms with Gasteiger partial charge in [-0.1, -0.05) is 23.7 Å². The lowest BCUT2D eigenvalue weighted by Gasteiger charge is -2.07. The Labute approximate surface area is 109 Å². The summed E-state index contributed by atoms with van der Waals surface area (Å²) in [5.41, 5.74) is 1.07. The zero-order chi connectivity index (χ0) is 13.0. The van der Waals surface area contributed by atoms with Crippen molar-refractivity contribution in [1.82, 2.24) is 0 Å². The van der Waals surface area contributed by atoms with Crippen molar-refractivity contribution in [2.24, 2.45) is 5.90 Å². The predicted octanol–water partition coefficient (Wildman–Crippen LogP) is 2.84. The summed E-state index contributed by atoms with van der Waals surface area (Å²) in [6, 6.07) is 13.5. The van der Waals surface area contributed by atoms with Gasteiger partial charge in [-0.25, -0.2) is 0 Å². The molecule has 0 aliphatic heterocycles. The van der Waals surface area contributed by atoms with Crippen LogP contribution >= 0.6 is 11.6 Å². The fraction of sp³-hybridized carbons (Fsp3) is 0. The van der Waals surface area contributed by atoms with Crippen LogP contribution in [0.25, 0.3) is 0 Å². The molecule has 0 spiro atoms. The van der Waals surface area contributed by atoms with Crippen LogP contribution in [0, 0.1) is 0 Å². The molecule has 92 valence electrons. The van der Waals surface area contributed by atoms with Gasteiger partial charge in [0.25, 0.3) is 5.91 Å². The zero-order valence-electron chi connectivity index (χ0n) is 9.39. The van der Waals surface area contributed by atoms with Crippen molar-refractivity contribution >= 4 is 23.2 Å². The van der Waals surface area contributed by atoms with E-state index in [1.807, 2.05) is 0 Å². The summed E-state index contributed by atoms with van der Waals surface area (Å²) in [5.74, 6) is 5.26. The normalized spacial score (nSPS) is 9.89. The van der Waals surface area contributed by atoms with Crippen LogP contribution in [0.5, 0.6) is 5.75 Å². The average molecular weight is 263 g/mol. The van der Waals surface area contributed by atoms with Gasteiger partial charge in [0.2, 0.25) is 0 Å². The molecule has 0 atom stereocenters. The number of nitrogens with two attached hydrogens (primary N) is 1. The molecule has 4 nitrogen and oxygen atoms in total. The second-order valence-electron chi connectivity index (χ2n) is 3.58. The largest absolute Gasteiger partial charge is 0.412 e. The summed E-state index contributed by atoms with van der Waals surface area (Å²) in [6.07, 6.45) is 0. The molecule has 0 aromatic heterocycles. The van der Waals surface area contributed by atoms with Crippen LogP contribution in [0.15, 0.2) is 48.5 Å². The maximum Gasteiger partial charge on any atom is 0.257 e. The molecular formula is C13H11ClN2O2. The van der Waals surface area contributed by atoms with Gasteiger partial charge in [0.1, 0.15) is 5.75 Å². The number of carbonyl (C=O) groups is 1.